The molecule has 0 aliphatic rings. The third-order valence-corrected chi connectivity index (χ3v) is 3.70. The number of nitrogens with zero attached hydrogens (tertiary/aromatic N) is 4. The Morgan fingerprint density at radius 1 is 1.50 bits per heavy atom. The summed E-state index contributed by atoms with van der Waals surface area (Å²) in [6, 6.07) is 0. The van der Waals surface area contributed by atoms with Crippen LogP contribution in [0.15, 0.2) is 18.7 Å². The first kappa shape index (κ1) is 11.2. The molecule has 6 heteroatoms. The lowest BCUT2D eigenvalue weighted by atomic mass is 10.2. The molecule has 16 heavy (non-hydrogen) atoms. The summed E-state index contributed by atoms with van der Waals surface area (Å²) < 4.78 is 2.02. The first-order valence-corrected chi connectivity index (χ1v) is 6.28. The maximum absolute atomic E-state index is 4.27. The van der Waals surface area contributed by atoms with Crippen LogP contribution in [-0.2, 0) is 0 Å². The van der Waals surface area contributed by atoms with E-state index >= 15 is 0 Å². The lowest BCUT2D eigenvalue weighted by Gasteiger charge is -2.22. The van der Waals surface area contributed by atoms with Gasteiger partial charge in [0.1, 0.15) is 6.33 Å². The zero-order chi connectivity index (χ0) is 11.6. The Hall–Kier alpha value is -1.30. The maximum atomic E-state index is 4.27. The Morgan fingerprint density at radius 3 is 3.06 bits per heavy atom. The summed E-state index contributed by atoms with van der Waals surface area (Å²) in [5, 5.41) is 11.2. The molecule has 86 valence electrons. The lowest BCUT2D eigenvalue weighted by Crippen LogP contribution is -2.26. The SMILES string of the molecule is CSC(C)(C)CNc1nccn2cnnc12. The molecule has 0 saturated carbocycles. The quantitative estimate of drug-likeness (QED) is 0.876. The minimum Gasteiger partial charge on any atom is -0.366 e. The van der Waals surface area contributed by atoms with Crippen molar-refractivity contribution < 1.29 is 0 Å². The molecule has 0 aliphatic carbocycles. The van der Waals surface area contributed by atoms with Crippen LogP contribution in [0.4, 0.5) is 5.82 Å². The van der Waals surface area contributed by atoms with Crippen molar-refractivity contribution in [3.63, 3.8) is 0 Å². The van der Waals surface area contributed by atoms with Crippen LogP contribution in [0.1, 0.15) is 13.8 Å². The second-order valence-corrected chi connectivity index (χ2v) is 5.67. The smallest absolute Gasteiger partial charge is 0.203 e. The van der Waals surface area contributed by atoms with Crippen LogP contribution >= 0.6 is 11.8 Å². The predicted molar refractivity (Wildman–Crippen MR) is 66.9 cm³/mol. The van der Waals surface area contributed by atoms with E-state index in [2.05, 4.69) is 40.6 Å². The van der Waals surface area contributed by atoms with Crippen molar-refractivity contribution in [2.24, 2.45) is 0 Å². The number of hydrogen-bond donors (Lipinski definition) is 1. The average Bonchev–Trinajstić information content (AvgIpc) is 2.75. The highest BCUT2D eigenvalue weighted by atomic mass is 32.2. The molecule has 2 aromatic rings. The van der Waals surface area contributed by atoms with Gasteiger partial charge in [0.15, 0.2) is 5.82 Å². The third-order valence-electron chi connectivity index (χ3n) is 2.45. The zero-order valence-corrected chi connectivity index (χ0v) is 10.5. The van der Waals surface area contributed by atoms with Crippen molar-refractivity contribution in [1.29, 1.82) is 0 Å². The molecule has 2 rings (SSSR count). The van der Waals surface area contributed by atoms with Crippen LogP contribution in [0.3, 0.4) is 0 Å². The van der Waals surface area contributed by atoms with Gasteiger partial charge in [0.2, 0.25) is 5.65 Å². The second-order valence-electron chi connectivity index (χ2n) is 4.16. The summed E-state index contributed by atoms with van der Waals surface area (Å²) in [6.07, 6.45) is 7.35. The summed E-state index contributed by atoms with van der Waals surface area (Å²) in [5.74, 6) is 0.780. The van der Waals surface area contributed by atoms with Gasteiger partial charge in [-0.15, -0.1) is 10.2 Å². The first-order valence-electron chi connectivity index (χ1n) is 5.06. The van der Waals surface area contributed by atoms with E-state index in [1.165, 1.54) is 0 Å². The molecule has 0 bridgehead atoms. The normalized spacial score (nSPS) is 11.9. The summed E-state index contributed by atoms with van der Waals surface area (Å²) in [7, 11) is 0. The summed E-state index contributed by atoms with van der Waals surface area (Å²) in [4.78, 5) is 4.27. The molecular weight excluding hydrogens is 222 g/mol. The van der Waals surface area contributed by atoms with Crippen molar-refractivity contribution in [2.45, 2.75) is 18.6 Å². The van der Waals surface area contributed by atoms with Crippen LogP contribution < -0.4 is 5.32 Å². The number of rotatable bonds is 4. The van der Waals surface area contributed by atoms with Crippen LogP contribution in [0.5, 0.6) is 0 Å². The van der Waals surface area contributed by atoms with Gasteiger partial charge in [0.25, 0.3) is 0 Å². The standard InChI is InChI=1S/C10H15N5S/c1-10(2,16-3)6-12-8-9-14-13-7-15(9)5-4-11-8/h4-5,7H,6H2,1-3H3,(H,11,12). The minimum absolute atomic E-state index is 0.175. The van der Waals surface area contributed by atoms with E-state index in [4.69, 9.17) is 0 Å². The molecule has 2 aromatic heterocycles. The van der Waals surface area contributed by atoms with E-state index in [-0.39, 0.29) is 4.75 Å². The number of aromatic nitrogens is 4. The van der Waals surface area contributed by atoms with Gasteiger partial charge < -0.3 is 5.32 Å². The monoisotopic (exact) mass is 237 g/mol. The molecule has 0 unspecified atom stereocenters. The average molecular weight is 237 g/mol. The zero-order valence-electron chi connectivity index (χ0n) is 9.64. The number of hydrogen-bond acceptors (Lipinski definition) is 5. The molecular formula is C10H15N5S. The molecule has 0 saturated heterocycles. The number of nitrogens with one attached hydrogen (secondary N) is 1. The molecule has 0 fully saturated rings. The Balaban J connectivity index is 2.18. The van der Waals surface area contributed by atoms with Crippen LogP contribution in [0.2, 0.25) is 0 Å². The van der Waals surface area contributed by atoms with Crippen molar-refractivity contribution in [3.8, 4) is 0 Å². The van der Waals surface area contributed by atoms with E-state index in [9.17, 15) is 0 Å². The molecule has 1 N–H and O–H groups in total. The fourth-order valence-corrected chi connectivity index (χ4v) is 1.47. The third kappa shape index (κ3) is 2.27. The van der Waals surface area contributed by atoms with Crippen LogP contribution in [0, 0.1) is 0 Å². The molecule has 0 atom stereocenters. The van der Waals surface area contributed by atoms with Crippen LogP contribution in [0.25, 0.3) is 5.65 Å². The Bertz CT molecular complexity index is 479. The van der Waals surface area contributed by atoms with E-state index in [0.717, 1.165) is 18.0 Å². The second kappa shape index (κ2) is 4.29. The minimum atomic E-state index is 0.175. The highest BCUT2D eigenvalue weighted by Crippen LogP contribution is 2.21. The van der Waals surface area contributed by atoms with E-state index in [1.807, 2.05) is 22.4 Å². The van der Waals surface area contributed by atoms with Gasteiger partial charge in [-0.2, -0.15) is 11.8 Å². The summed E-state index contributed by atoms with van der Waals surface area (Å²) in [6.45, 7) is 5.22. The molecule has 0 radical (unpaired) electrons. The number of thioether (sulfide) groups is 1. The van der Waals surface area contributed by atoms with Crippen molar-refractivity contribution in [2.75, 3.05) is 18.1 Å². The molecule has 0 aromatic carbocycles. The lowest BCUT2D eigenvalue weighted by molar-refractivity contribution is 0.750. The molecule has 5 nitrogen and oxygen atoms in total. The largest absolute Gasteiger partial charge is 0.366 e. The van der Waals surface area contributed by atoms with Gasteiger partial charge in [-0.05, 0) is 20.1 Å². The van der Waals surface area contributed by atoms with Crippen molar-refractivity contribution in [1.82, 2.24) is 19.6 Å². The van der Waals surface area contributed by atoms with Crippen LogP contribution in [-0.4, -0.2) is 37.1 Å². The van der Waals surface area contributed by atoms with Crippen molar-refractivity contribution in [3.05, 3.63) is 18.7 Å². The highest BCUT2D eigenvalue weighted by Gasteiger charge is 2.16. The molecule has 0 spiro atoms. The molecule has 0 aliphatic heterocycles. The van der Waals surface area contributed by atoms with Gasteiger partial charge in [0, 0.05) is 23.7 Å². The maximum Gasteiger partial charge on any atom is 0.203 e. The van der Waals surface area contributed by atoms with E-state index in [0.29, 0.717) is 0 Å². The Kier molecular flexibility index (Phi) is 3.00. The molecule has 0 amide bonds. The Labute approximate surface area is 98.7 Å². The fraction of sp³-hybridized carbons (Fsp3) is 0.500. The first-order chi connectivity index (χ1) is 7.62. The molecule has 2 heterocycles. The van der Waals surface area contributed by atoms with Gasteiger partial charge in [-0.25, -0.2) is 4.98 Å². The van der Waals surface area contributed by atoms with Gasteiger partial charge in [0.05, 0.1) is 0 Å². The van der Waals surface area contributed by atoms with Gasteiger partial charge >= 0.3 is 0 Å². The van der Waals surface area contributed by atoms with Crippen molar-refractivity contribution >= 4 is 23.2 Å². The number of fused-ring (bicyclic) bond motifs is 1. The van der Waals surface area contributed by atoms with Gasteiger partial charge in [-0.3, -0.25) is 4.40 Å². The fourth-order valence-electron chi connectivity index (χ4n) is 1.25. The topological polar surface area (TPSA) is 55.1 Å². The highest BCUT2D eigenvalue weighted by molar-refractivity contribution is 7.99. The van der Waals surface area contributed by atoms with E-state index < -0.39 is 0 Å². The summed E-state index contributed by atoms with van der Waals surface area (Å²) in [5.41, 5.74) is 0.763. The summed E-state index contributed by atoms with van der Waals surface area (Å²) >= 11 is 1.82. The Morgan fingerprint density at radius 2 is 2.31 bits per heavy atom. The van der Waals surface area contributed by atoms with Gasteiger partial charge in [-0.1, -0.05) is 0 Å². The predicted octanol–water partition coefficient (Wildman–Crippen LogP) is 1.68. The van der Waals surface area contributed by atoms with E-state index in [1.54, 1.807) is 12.5 Å². The number of anilines is 1.